The highest BCUT2D eigenvalue weighted by Gasteiger charge is 2.00. The van der Waals surface area contributed by atoms with Gasteiger partial charge in [-0.25, -0.2) is 9.78 Å². The highest BCUT2D eigenvalue weighted by Crippen LogP contribution is 2.03. The van der Waals surface area contributed by atoms with Gasteiger partial charge in [-0.2, -0.15) is 0 Å². The number of nitrogens with one attached hydrogen (secondary N) is 2. The number of aliphatic hydroxyl groups is 1. The molecule has 0 saturated heterocycles. The van der Waals surface area contributed by atoms with Crippen LogP contribution in [0.2, 0.25) is 0 Å². The fourth-order valence-electron chi connectivity index (χ4n) is 1.03. The predicted molar refractivity (Wildman–Crippen MR) is 60.9 cm³/mol. The molecule has 0 fully saturated rings. The van der Waals surface area contributed by atoms with Crippen molar-refractivity contribution in [3.8, 4) is 11.8 Å². The number of hydrogen-bond acceptors (Lipinski definition) is 3. The molecule has 1 aromatic rings. The van der Waals surface area contributed by atoms with E-state index in [0.29, 0.717) is 18.1 Å². The second kappa shape index (κ2) is 6.43. The topological polar surface area (TPSA) is 74.2 Å². The lowest BCUT2D eigenvalue weighted by Crippen LogP contribution is -2.28. The molecule has 0 unspecified atom stereocenters. The van der Waals surface area contributed by atoms with E-state index in [1.54, 1.807) is 18.2 Å². The first kappa shape index (κ1) is 12.0. The predicted octanol–water partition coefficient (Wildman–Crippen LogP) is 0.567. The van der Waals surface area contributed by atoms with E-state index in [2.05, 4.69) is 27.5 Å². The largest absolute Gasteiger partial charge is 0.384 e. The second-order valence-corrected chi connectivity index (χ2v) is 2.85. The van der Waals surface area contributed by atoms with Crippen molar-refractivity contribution in [3.05, 3.63) is 23.9 Å². The van der Waals surface area contributed by atoms with Gasteiger partial charge in [0, 0.05) is 6.54 Å². The maximum Gasteiger partial charge on any atom is 0.320 e. The molecule has 16 heavy (non-hydrogen) atoms. The number of nitrogens with zero attached hydrogens (tertiary/aromatic N) is 1. The smallest absolute Gasteiger partial charge is 0.320 e. The van der Waals surface area contributed by atoms with Crippen LogP contribution in [0, 0.1) is 11.8 Å². The average Bonchev–Trinajstić information content (AvgIpc) is 2.27. The van der Waals surface area contributed by atoms with Crippen LogP contribution in [0.3, 0.4) is 0 Å². The van der Waals surface area contributed by atoms with Gasteiger partial charge in [-0.3, -0.25) is 5.32 Å². The molecule has 1 heterocycles. The Bertz CT molecular complexity index is 421. The van der Waals surface area contributed by atoms with Gasteiger partial charge in [0.1, 0.15) is 18.1 Å². The normalized spacial score (nSPS) is 8.88. The minimum absolute atomic E-state index is 0.213. The van der Waals surface area contributed by atoms with E-state index in [4.69, 9.17) is 5.11 Å². The number of aromatic nitrogens is 1. The van der Waals surface area contributed by atoms with Gasteiger partial charge >= 0.3 is 6.03 Å². The zero-order valence-electron chi connectivity index (χ0n) is 8.95. The van der Waals surface area contributed by atoms with E-state index in [1.165, 1.54) is 0 Å². The van der Waals surface area contributed by atoms with E-state index in [-0.39, 0.29) is 12.6 Å². The molecule has 0 radical (unpaired) electrons. The van der Waals surface area contributed by atoms with Gasteiger partial charge < -0.3 is 10.4 Å². The van der Waals surface area contributed by atoms with Gasteiger partial charge in [-0.1, -0.05) is 12.0 Å². The van der Waals surface area contributed by atoms with E-state index < -0.39 is 0 Å². The van der Waals surface area contributed by atoms with Gasteiger partial charge in [-0.15, -0.1) is 0 Å². The van der Waals surface area contributed by atoms with Crippen LogP contribution in [0.5, 0.6) is 0 Å². The molecule has 0 saturated carbocycles. The van der Waals surface area contributed by atoms with Crippen molar-refractivity contribution in [2.45, 2.75) is 6.92 Å². The molecule has 0 aliphatic rings. The molecule has 0 spiro atoms. The van der Waals surface area contributed by atoms with E-state index >= 15 is 0 Å². The Morgan fingerprint density at radius 3 is 3.06 bits per heavy atom. The quantitative estimate of drug-likeness (QED) is 0.636. The van der Waals surface area contributed by atoms with Crippen LogP contribution in [0.4, 0.5) is 10.6 Å². The van der Waals surface area contributed by atoms with E-state index in [0.717, 1.165) is 0 Å². The first-order valence-corrected chi connectivity index (χ1v) is 4.88. The van der Waals surface area contributed by atoms with Crippen LogP contribution in [-0.4, -0.2) is 29.3 Å². The first-order chi connectivity index (χ1) is 7.76. The van der Waals surface area contributed by atoms with Crippen molar-refractivity contribution in [1.29, 1.82) is 0 Å². The fraction of sp³-hybridized carbons (Fsp3) is 0.273. The number of urea groups is 1. The van der Waals surface area contributed by atoms with E-state index in [9.17, 15) is 4.79 Å². The molecular formula is C11H13N3O2. The highest BCUT2D eigenvalue weighted by molar-refractivity contribution is 5.88. The van der Waals surface area contributed by atoms with Crippen LogP contribution < -0.4 is 10.6 Å². The Kier molecular flexibility index (Phi) is 4.83. The monoisotopic (exact) mass is 219 g/mol. The van der Waals surface area contributed by atoms with Crippen molar-refractivity contribution < 1.29 is 9.90 Å². The summed E-state index contributed by atoms with van der Waals surface area (Å²) in [7, 11) is 0. The number of hydrogen-bond donors (Lipinski definition) is 3. The average molecular weight is 219 g/mol. The lowest BCUT2D eigenvalue weighted by molar-refractivity contribution is 0.252. The summed E-state index contributed by atoms with van der Waals surface area (Å²) in [4.78, 5) is 15.3. The Morgan fingerprint density at radius 1 is 1.56 bits per heavy atom. The van der Waals surface area contributed by atoms with Crippen molar-refractivity contribution in [2.24, 2.45) is 0 Å². The number of amides is 2. The van der Waals surface area contributed by atoms with Gasteiger partial charge in [0.15, 0.2) is 0 Å². The van der Waals surface area contributed by atoms with Crippen LogP contribution in [0.1, 0.15) is 12.6 Å². The SMILES string of the molecule is CCNC(=O)Nc1cccc(C#CCO)n1. The van der Waals surface area contributed by atoms with E-state index in [1.807, 2.05) is 6.92 Å². The zero-order chi connectivity index (χ0) is 11.8. The van der Waals surface area contributed by atoms with Crippen molar-refractivity contribution in [1.82, 2.24) is 10.3 Å². The van der Waals surface area contributed by atoms with Gasteiger partial charge in [0.2, 0.25) is 0 Å². The molecule has 0 atom stereocenters. The summed E-state index contributed by atoms with van der Waals surface area (Å²) in [5.74, 6) is 5.57. The third-order valence-corrected chi connectivity index (χ3v) is 1.62. The molecule has 0 aliphatic carbocycles. The number of carbonyl (C=O) groups is 1. The third kappa shape index (κ3) is 3.98. The van der Waals surface area contributed by atoms with Crippen LogP contribution in [0.25, 0.3) is 0 Å². The maximum absolute atomic E-state index is 11.2. The Balaban J connectivity index is 2.71. The summed E-state index contributed by atoms with van der Waals surface area (Å²) >= 11 is 0. The molecule has 84 valence electrons. The maximum atomic E-state index is 11.2. The summed E-state index contributed by atoms with van der Waals surface area (Å²) in [6.45, 7) is 2.17. The summed E-state index contributed by atoms with van der Waals surface area (Å²) in [5, 5.41) is 13.7. The van der Waals surface area contributed by atoms with Crippen molar-refractivity contribution in [3.63, 3.8) is 0 Å². The number of anilines is 1. The molecule has 2 amide bonds. The highest BCUT2D eigenvalue weighted by atomic mass is 16.2. The van der Waals surface area contributed by atoms with Gasteiger partial charge in [0.25, 0.3) is 0 Å². The molecule has 1 aromatic heterocycles. The zero-order valence-corrected chi connectivity index (χ0v) is 8.95. The summed E-state index contributed by atoms with van der Waals surface area (Å²) in [5.41, 5.74) is 0.503. The molecular weight excluding hydrogens is 206 g/mol. The molecule has 0 aromatic carbocycles. The summed E-state index contributed by atoms with van der Waals surface area (Å²) in [6.07, 6.45) is 0. The van der Waals surface area contributed by atoms with Crippen LogP contribution >= 0.6 is 0 Å². The molecule has 5 heteroatoms. The third-order valence-electron chi connectivity index (χ3n) is 1.62. The molecule has 3 N–H and O–H groups in total. The van der Waals surface area contributed by atoms with Gasteiger partial charge in [0.05, 0.1) is 0 Å². The standard InChI is InChI=1S/C11H13N3O2/c1-2-12-11(16)14-10-7-3-5-9(13-10)6-4-8-15/h3,5,7,15H,2,8H2,1H3,(H2,12,13,14,16). The molecule has 0 aliphatic heterocycles. The molecule has 1 rings (SSSR count). The Hall–Kier alpha value is -2.06. The minimum Gasteiger partial charge on any atom is -0.384 e. The van der Waals surface area contributed by atoms with Crippen LogP contribution in [-0.2, 0) is 0 Å². The lowest BCUT2D eigenvalue weighted by Gasteiger charge is -2.04. The molecule has 0 bridgehead atoms. The minimum atomic E-state index is -0.303. The summed E-state index contributed by atoms with van der Waals surface area (Å²) in [6, 6.07) is 4.79. The van der Waals surface area contributed by atoms with Gasteiger partial charge in [-0.05, 0) is 25.0 Å². The number of aliphatic hydroxyl groups excluding tert-OH is 1. The number of carbonyl (C=O) groups excluding carboxylic acids is 1. The Morgan fingerprint density at radius 2 is 2.38 bits per heavy atom. The number of pyridine rings is 1. The fourth-order valence-corrected chi connectivity index (χ4v) is 1.03. The van der Waals surface area contributed by atoms with Crippen LogP contribution in [0.15, 0.2) is 18.2 Å². The second-order valence-electron chi connectivity index (χ2n) is 2.85. The number of rotatable bonds is 2. The van der Waals surface area contributed by atoms with Crippen molar-refractivity contribution >= 4 is 11.8 Å². The lowest BCUT2D eigenvalue weighted by atomic mass is 10.3. The first-order valence-electron chi connectivity index (χ1n) is 4.88. The van der Waals surface area contributed by atoms with Crippen molar-refractivity contribution in [2.75, 3.05) is 18.5 Å². The summed E-state index contributed by atoms with van der Waals surface area (Å²) < 4.78 is 0. The Labute approximate surface area is 93.9 Å². The molecule has 5 nitrogen and oxygen atoms in total.